The molecule has 4 nitrogen and oxygen atoms in total. The Morgan fingerprint density at radius 3 is 2.79 bits per heavy atom. The van der Waals surface area contributed by atoms with E-state index in [0.717, 1.165) is 19.3 Å². The predicted molar refractivity (Wildman–Crippen MR) is 76.0 cm³/mol. The minimum absolute atomic E-state index is 0.154. The van der Waals surface area contributed by atoms with Gasteiger partial charge in [-0.25, -0.2) is 4.79 Å². The Morgan fingerprint density at radius 1 is 1.53 bits per heavy atom. The van der Waals surface area contributed by atoms with E-state index >= 15 is 0 Å². The SMILES string of the molecule is C=CCCCC1CN(C(=O)OC(C)(C)C)CCC1O. The lowest BCUT2D eigenvalue weighted by molar-refractivity contribution is -0.0102. The first-order valence-electron chi connectivity index (χ1n) is 7.10. The molecule has 0 saturated carbocycles. The molecule has 0 radical (unpaired) electrons. The van der Waals surface area contributed by atoms with Crippen molar-refractivity contribution in [3.8, 4) is 0 Å². The number of hydrogen-bond donors (Lipinski definition) is 1. The Bertz CT molecular complexity index is 309. The number of allylic oxidation sites excluding steroid dienone is 1. The molecule has 2 atom stereocenters. The van der Waals surface area contributed by atoms with Gasteiger partial charge in [-0.05, 0) is 46.5 Å². The normalized spacial score (nSPS) is 24.1. The minimum atomic E-state index is -0.467. The molecule has 2 unspecified atom stereocenters. The molecule has 0 bridgehead atoms. The summed E-state index contributed by atoms with van der Waals surface area (Å²) in [6.45, 7) is 10.5. The third-order valence-corrected chi connectivity index (χ3v) is 3.33. The van der Waals surface area contributed by atoms with E-state index in [4.69, 9.17) is 4.74 Å². The number of aliphatic hydroxyl groups excluding tert-OH is 1. The van der Waals surface area contributed by atoms with Crippen LogP contribution in [0.3, 0.4) is 0 Å². The maximum atomic E-state index is 12.0. The lowest BCUT2D eigenvalue weighted by atomic mass is 9.90. The van der Waals surface area contributed by atoms with Crippen molar-refractivity contribution in [1.82, 2.24) is 4.90 Å². The maximum absolute atomic E-state index is 12.0. The van der Waals surface area contributed by atoms with Crippen molar-refractivity contribution >= 4 is 6.09 Å². The number of nitrogens with zero attached hydrogens (tertiary/aromatic N) is 1. The van der Waals surface area contributed by atoms with E-state index in [1.165, 1.54) is 0 Å². The van der Waals surface area contributed by atoms with Gasteiger partial charge in [0.1, 0.15) is 5.60 Å². The van der Waals surface area contributed by atoms with Crippen LogP contribution in [0.25, 0.3) is 0 Å². The Balaban J connectivity index is 2.48. The molecule has 1 aliphatic heterocycles. The number of piperidine rings is 1. The molecular formula is C15H27NO3. The van der Waals surface area contributed by atoms with Gasteiger partial charge in [0.05, 0.1) is 6.10 Å². The molecule has 1 rings (SSSR count). The monoisotopic (exact) mass is 269 g/mol. The van der Waals surface area contributed by atoms with Crippen molar-refractivity contribution < 1.29 is 14.6 Å². The number of rotatable bonds is 4. The number of aliphatic hydroxyl groups is 1. The summed E-state index contributed by atoms with van der Waals surface area (Å²) < 4.78 is 5.38. The molecule has 4 heteroatoms. The summed E-state index contributed by atoms with van der Waals surface area (Å²) in [6.07, 6.45) is 4.84. The van der Waals surface area contributed by atoms with Crippen LogP contribution in [-0.4, -0.2) is 40.9 Å². The molecule has 0 aromatic heterocycles. The second-order valence-corrected chi connectivity index (χ2v) is 6.26. The second kappa shape index (κ2) is 6.94. The molecule has 0 aromatic rings. The van der Waals surface area contributed by atoms with Gasteiger partial charge in [-0.1, -0.05) is 6.08 Å². The van der Waals surface area contributed by atoms with Gasteiger partial charge in [-0.3, -0.25) is 0 Å². The highest BCUT2D eigenvalue weighted by molar-refractivity contribution is 5.68. The zero-order valence-electron chi connectivity index (χ0n) is 12.4. The second-order valence-electron chi connectivity index (χ2n) is 6.26. The summed E-state index contributed by atoms with van der Waals surface area (Å²) in [6, 6.07) is 0. The predicted octanol–water partition coefficient (Wildman–Crippen LogP) is 2.96. The molecule has 1 saturated heterocycles. The van der Waals surface area contributed by atoms with Crippen LogP contribution in [0.1, 0.15) is 46.5 Å². The average Bonchev–Trinajstić information content (AvgIpc) is 2.29. The lowest BCUT2D eigenvalue weighted by Crippen LogP contribution is -2.47. The van der Waals surface area contributed by atoms with E-state index in [-0.39, 0.29) is 18.1 Å². The summed E-state index contributed by atoms with van der Waals surface area (Å²) in [5.74, 6) is 0.154. The third-order valence-electron chi connectivity index (χ3n) is 3.33. The van der Waals surface area contributed by atoms with Gasteiger partial charge in [-0.15, -0.1) is 6.58 Å². The molecule has 0 aromatic carbocycles. The summed E-state index contributed by atoms with van der Waals surface area (Å²) in [4.78, 5) is 13.7. The minimum Gasteiger partial charge on any atom is -0.444 e. The van der Waals surface area contributed by atoms with Gasteiger partial charge < -0.3 is 14.7 Å². The first-order valence-corrected chi connectivity index (χ1v) is 7.10. The zero-order chi connectivity index (χ0) is 14.5. The Kier molecular flexibility index (Phi) is 5.85. The summed E-state index contributed by atoms with van der Waals surface area (Å²) in [5, 5.41) is 10.00. The van der Waals surface area contributed by atoms with Crippen LogP contribution in [0.15, 0.2) is 12.7 Å². The van der Waals surface area contributed by atoms with Crippen LogP contribution in [0.5, 0.6) is 0 Å². The van der Waals surface area contributed by atoms with Crippen LogP contribution in [0, 0.1) is 5.92 Å². The molecule has 0 aliphatic carbocycles. The highest BCUT2D eigenvalue weighted by atomic mass is 16.6. The summed E-state index contributed by atoms with van der Waals surface area (Å²) in [7, 11) is 0. The molecule has 1 aliphatic rings. The average molecular weight is 269 g/mol. The van der Waals surface area contributed by atoms with E-state index < -0.39 is 5.60 Å². The van der Waals surface area contributed by atoms with Crippen molar-refractivity contribution in [2.75, 3.05) is 13.1 Å². The van der Waals surface area contributed by atoms with E-state index in [1.54, 1.807) is 4.90 Å². The Morgan fingerprint density at radius 2 is 2.21 bits per heavy atom. The van der Waals surface area contributed by atoms with E-state index in [0.29, 0.717) is 19.5 Å². The molecule has 1 amide bonds. The van der Waals surface area contributed by atoms with Gasteiger partial charge in [-0.2, -0.15) is 0 Å². The first-order chi connectivity index (χ1) is 8.83. The highest BCUT2D eigenvalue weighted by Crippen LogP contribution is 2.24. The Hall–Kier alpha value is -1.03. The van der Waals surface area contributed by atoms with E-state index in [9.17, 15) is 9.90 Å². The number of unbranched alkanes of at least 4 members (excludes halogenated alkanes) is 1. The van der Waals surface area contributed by atoms with E-state index in [2.05, 4.69) is 6.58 Å². The molecule has 1 fully saturated rings. The zero-order valence-corrected chi connectivity index (χ0v) is 12.4. The molecule has 1 heterocycles. The van der Waals surface area contributed by atoms with Crippen molar-refractivity contribution in [2.45, 2.75) is 58.2 Å². The van der Waals surface area contributed by atoms with Gasteiger partial charge >= 0.3 is 6.09 Å². The number of hydrogen-bond acceptors (Lipinski definition) is 3. The van der Waals surface area contributed by atoms with Crippen LogP contribution in [-0.2, 0) is 4.74 Å². The van der Waals surface area contributed by atoms with Crippen LogP contribution >= 0.6 is 0 Å². The molecule has 0 spiro atoms. The van der Waals surface area contributed by atoms with E-state index in [1.807, 2.05) is 26.8 Å². The standard InChI is InChI=1S/C15H27NO3/c1-5-6-7-8-12-11-16(10-9-13(12)17)14(18)19-15(2,3)4/h5,12-13,17H,1,6-11H2,2-4H3. The molecular weight excluding hydrogens is 242 g/mol. The van der Waals surface area contributed by atoms with Crippen molar-refractivity contribution in [3.05, 3.63) is 12.7 Å². The van der Waals surface area contributed by atoms with Crippen molar-refractivity contribution in [2.24, 2.45) is 5.92 Å². The quantitative estimate of drug-likeness (QED) is 0.630. The lowest BCUT2D eigenvalue weighted by Gasteiger charge is -2.37. The third kappa shape index (κ3) is 5.64. The first kappa shape index (κ1) is 16.0. The number of carbonyl (C=O) groups excluding carboxylic acids is 1. The fraction of sp³-hybridized carbons (Fsp3) is 0.800. The number of ether oxygens (including phenoxy) is 1. The van der Waals surface area contributed by atoms with Gasteiger partial charge in [0.15, 0.2) is 0 Å². The fourth-order valence-corrected chi connectivity index (χ4v) is 2.32. The maximum Gasteiger partial charge on any atom is 0.410 e. The summed E-state index contributed by atoms with van der Waals surface area (Å²) in [5.41, 5.74) is -0.467. The largest absolute Gasteiger partial charge is 0.444 e. The smallest absolute Gasteiger partial charge is 0.410 e. The fourth-order valence-electron chi connectivity index (χ4n) is 2.32. The van der Waals surface area contributed by atoms with Crippen molar-refractivity contribution in [1.29, 1.82) is 0 Å². The van der Waals surface area contributed by atoms with Crippen LogP contribution in [0.4, 0.5) is 4.79 Å². The van der Waals surface area contributed by atoms with Gasteiger partial charge in [0, 0.05) is 19.0 Å². The number of likely N-dealkylation sites (tertiary alicyclic amines) is 1. The summed E-state index contributed by atoms with van der Waals surface area (Å²) >= 11 is 0. The van der Waals surface area contributed by atoms with Gasteiger partial charge in [0.2, 0.25) is 0 Å². The van der Waals surface area contributed by atoms with Gasteiger partial charge in [0.25, 0.3) is 0 Å². The topological polar surface area (TPSA) is 49.8 Å². The number of carbonyl (C=O) groups is 1. The van der Waals surface area contributed by atoms with Crippen LogP contribution < -0.4 is 0 Å². The molecule has 110 valence electrons. The molecule has 19 heavy (non-hydrogen) atoms. The van der Waals surface area contributed by atoms with Crippen molar-refractivity contribution in [3.63, 3.8) is 0 Å². The highest BCUT2D eigenvalue weighted by Gasteiger charge is 2.31. The number of amides is 1. The van der Waals surface area contributed by atoms with Crippen LogP contribution in [0.2, 0.25) is 0 Å². The molecule has 1 N–H and O–H groups in total. The Labute approximate surface area is 116 Å².